The highest BCUT2D eigenvalue weighted by Gasteiger charge is 2.22. The molecule has 0 heterocycles. The van der Waals surface area contributed by atoms with E-state index in [1.807, 2.05) is 0 Å². The smallest absolute Gasteiger partial charge is 0.341 e. The first-order valence-electron chi connectivity index (χ1n) is 8.42. The third-order valence-electron chi connectivity index (χ3n) is 3.78. The lowest BCUT2D eigenvalue weighted by Gasteiger charge is -2.13. The van der Waals surface area contributed by atoms with E-state index in [4.69, 9.17) is 15.2 Å². The van der Waals surface area contributed by atoms with Crippen LogP contribution in [0.25, 0.3) is 0 Å². The quantitative estimate of drug-likeness (QED) is 0.415. The van der Waals surface area contributed by atoms with Crippen LogP contribution >= 0.6 is 0 Å². The normalized spacial score (nSPS) is 11.4. The van der Waals surface area contributed by atoms with Crippen LogP contribution in [-0.4, -0.2) is 36.6 Å². The molecule has 0 fully saturated rings. The molecule has 0 saturated carbocycles. The fourth-order valence-electron chi connectivity index (χ4n) is 2.46. The van der Waals surface area contributed by atoms with Crippen molar-refractivity contribution in [3.63, 3.8) is 0 Å². The summed E-state index contributed by atoms with van der Waals surface area (Å²) in [5.74, 6) is -1.16. The van der Waals surface area contributed by atoms with Crippen molar-refractivity contribution in [3.8, 4) is 11.5 Å². The van der Waals surface area contributed by atoms with Crippen molar-refractivity contribution in [2.75, 3.05) is 13.7 Å². The predicted octanol–water partition coefficient (Wildman–Crippen LogP) is 2.61. The van der Waals surface area contributed by atoms with Gasteiger partial charge in [-0.25, -0.2) is 4.79 Å². The minimum Gasteiger partial charge on any atom is -0.465 e. The van der Waals surface area contributed by atoms with Crippen LogP contribution in [0, 0.1) is 10.1 Å². The Balaban J connectivity index is 2.31. The number of carbonyl (C=O) groups is 2. The van der Waals surface area contributed by atoms with Crippen LogP contribution in [0.5, 0.6) is 11.5 Å². The Morgan fingerprint density at radius 2 is 1.89 bits per heavy atom. The Morgan fingerprint density at radius 3 is 2.54 bits per heavy atom. The molecular formula is C19H20N2O7. The van der Waals surface area contributed by atoms with Crippen molar-refractivity contribution in [1.29, 1.82) is 0 Å². The second kappa shape index (κ2) is 9.47. The van der Waals surface area contributed by atoms with Crippen LogP contribution in [0.15, 0.2) is 42.5 Å². The highest BCUT2D eigenvalue weighted by Crippen LogP contribution is 2.34. The van der Waals surface area contributed by atoms with Crippen LogP contribution in [0.2, 0.25) is 0 Å². The Kier molecular flexibility index (Phi) is 7.05. The topological polar surface area (TPSA) is 131 Å². The summed E-state index contributed by atoms with van der Waals surface area (Å²) in [5, 5.41) is 11.5. The molecule has 0 saturated heterocycles. The maximum absolute atomic E-state index is 11.8. The Hall–Kier alpha value is -3.46. The summed E-state index contributed by atoms with van der Waals surface area (Å²) in [4.78, 5) is 34.4. The SMILES string of the molecule is CCOC(=O)C(N)Cc1ccc(Oc2ccccc2C(=O)OC)c([N+](=O)[O-])c1. The van der Waals surface area contributed by atoms with Crippen molar-refractivity contribution in [3.05, 3.63) is 63.7 Å². The molecule has 0 spiro atoms. The molecule has 0 aromatic heterocycles. The lowest BCUT2D eigenvalue weighted by molar-refractivity contribution is -0.385. The van der Waals surface area contributed by atoms with E-state index in [0.29, 0.717) is 5.56 Å². The van der Waals surface area contributed by atoms with E-state index in [2.05, 4.69) is 4.74 Å². The van der Waals surface area contributed by atoms with E-state index in [-0.39, 0.29) is 35.8 Å². The first-order chi connectivity index (χ1) is 13.4. The zero-order chi connectivity index (χ0) is 20.7. The predicted molar refractivity (Wildman–Crippen MR) is 99.3 cm³/mol. The number of carbonyl (C=O) groups excluding carboxylic acids is 2. The molecule has 0 bridgehead atoms. The molecule has 148 valence electrons. The number of esters is 2. The molecule has 2 N–H and O–H groups in total. The first-order valence-corrected chi connectivity index (χ1v) is 8.42. The summed E-state index contributed by atoms with van der Waals surface area (Å²) in [6, 6.07) is 9.51. The average molecular weight is 388 g/mol. The van der Waals surface area contributed by atoms with E-state index in [9.17, 15) is 19.7 Å². The summed E-state index contributed by atoms with van der Waals surface area (Å²) >= 11 is 0. The van der Waals surface area contributed by atoms with Crippen LogP contribution in [0.3, 0.4) is 0 Å². The number of benzene rings is 2. The van der Waals surface area contributed by atoms with Gasteiger partial charge in [-0.2, -0.15) is 0 Å². The molecular weight excluding hydrogens is 368 g/mol. The summed E-state index contributed by atoms with van der Waals surface area (Å²) < 4.78 is 15.1. The summed E-state index contributed by atoms with van der Waals surface area (Å²) in [6.07, 6.45) is 0.0682. The first kappa shape index (κ1) is 20.8. The van der Waals surface area contributed by atoms with Gasteiger partial charge in [0.05, 0.1) is 18.6 Å². The van der Waals surface area contributed by atoms with Gasteiger partial charge in [-0.1, -0.05) is 18.2 Å². The van der Waals surface area contributed by atoms with Crippen molar-refractivity contribution < 1.29 is 28.7 Å². The third kappa shape index (κ3) is 5.04. The molecule has 0 amide bonds. The van der Waals surface area contributed by atoms with E-state index in [0.717, 1.165) is 0 Å². The molecule has 2 aromatic rings. The van der Waals surface area contributed by atoms with E-state index >= 15 is 0 Å². The molecule has 0 aliphatic carbocycles. The van der Waals surface area contributed by atoms with Gasteiger partial charge in [-0.15, -0.1) is 0 Å². The van der Waals surface area contributed by atoms with Gasteiger partial charge in [0.1, 0.15) is 17.4 Å². The third-order valence-corrected chi connectivity index (χ3v) is 3.78. The van der Waals surface area contributed by atoms with Gasteiger partial charge >= 0.3 is 17.6 Å². The minimum absolute atomic E-state index is 0.0604. The lowest BCUT2D eigenvalue weighted by atomic mass is 10.1. The number of rotatable bonds is 8. The zero-order valence-electron chi connectivity index (χ0n) is 15.4. The number of hydrogen-bond donors (Lipinski definition) is 1. The average Bonchev–Trinajstić information content (AvgIpc) is 2.68. The highest BCUT2D eigenvalue weighted by molar-refractivity contribution is 5.92. The van der Waals surface area contributed by atoms with Crippen molar-refractivity contribution in [2.45, 2.75) is 19.4 Å². The molecule has 1 atom stereocenters. The molecule has 2 rings (SSSR count). The van der Waals surface area contributed by atoms with Crippen LogP contribution < -0.4 is 10.5 Å². The number of ether oxygens (including phenoxy) is 3. The van der Waals surface area contributed by atoms with Crippen LogP contribution in [0.4, 0.5) is 5.69 Å². The monoisotopic (exact) mass is 388 g/mol. The van der Waals surface area contributed by atoms with E-state index < -0.39 is 22.9 Å². The minimum atomic E-state index is -0.939. The molecule has 0 aliphatic heterocycles. The van der Waals surface area contributed by atoms with Gasteiger partial charge in [-0.3, -0.25) is 14.9 Å². The maximum Gasteiger partial charge on any atom is 0.341 e. The molecule has 2 aromatic carbocycles. The lowest BCUT2D eigenvalue weighted by Crippen LogP contribution is -2.34. The Labute approximate surface area is 161 Å². The van der Waals surface area contributed by atoms with Gasteiger partial charge < -0.3 is 19.9 Å². The van der Waals surface area contributed by atoms with Gasteiger partial charge in [-0.05, 0) is 37.1 Å². The van der Waals surface area contributed by atoms with Crippen molar-refractivity contribution in [1.82, 2.24) is 0 Å². The van der Waals surface area contributed by atoms with Gasteiger partial charge in [0, 0.05) is 6.07 Å². The van der Waals surface area contributed by atoms with Crippen molar-refractivity contribution in [2.24, 2.45) is 5.73 Å². The summed E-state index contributed by atoms with van der Waals surface area (Å²) in [5.41, 5.74) is 6.04. The number of nitrogens with two attached hydrogens (primary N) is 1. The van der Waals surface area contributed by atoms with Crippen molar-refractivity contribution >= 4 is 17.6 Å². The molecule has 9 heteroatoms. The zero-order valence-corrected chi connectivity index (χ0v) is 15.4. The number of nitrogens with zero attached hydrogens (tertiary/aromatic N) is 1. The van der Waals surface area contributed by atoms with Gasteiger partial charge in [0.2, 0.25) is 5.75 Å². The largest absolute Gasteiger partial charge is 0.465 e. The molecule has 1 unspecified atom stereocenters. The fourth-order valence-corrected chi connectivity index (χ4v) is 2.46. The standard InChI is InChI=1S/C19H20N2O7/c1-3-27-19(23)14(20)10-12-8-9-17(15(11-12)21(24)25)28-16-7-5-4-6-13(16)18(22)26-2/h4-9,11,14H,3,10,20H2,1-2H3. The Morgan fingerprint density at radius 1 is 1.18 bits per heavy atom. The van der Waals surface area contributed by atoms with Crippen LogP contribution in [0.1, 0.15) is 22.8 Å². The number of para-hydroxylation sites is 1. The van der Waals surface area contributed by atoms with E-state index in [1.54, 1.807) is 25.1 Å². The fraction of sp³-hybridized carbons (Fsp3) is 0.263. The number of nitro groups is 1. The van der Waals surface area contributed by atoms with Gasteiger partial charge in [0.25, 0.3) is 0 Å². The maximum atomic E-state index is 11.8. The molecule has 9 nitrogen and oxygen atoms in total. The van der Waals surface area contributed by atoms with E-state index in [1.165, 1.54) is 31.4 Å². The molecule has 28 heavy (non-hydrogen) atoms. The second-order valence-corrected chi connectivity index (χ2v) is 5.71. The van der Waals surface area contributed by atoms with Gasteiger partial charge in [0.15, 0.2) is 0 Å². The number of nitro benzene ring substituents is 1. The molecule has 0 radical (unpaired) electrons. The molecule has 0 aliphatic rings. The number of methoxy groups -OCH3 is 1. The van der Waals surface area contributed by atoms with Crippen LogP contribution in [-0.2, 0) is 20.7 Å². The highest BCUT2D eigenvalue weighted by atomic mass is 16.6. The summed E-state index contributed by atoms with van der Waals surface area (Å²) in [6.45, 7) is 1.85. The summed E-state index contributed by atoms with van der Waals surface area (Å²) in [7, 11) is 1.23. The second-order valence-electron chi connectivity index (χ2n) is 5.71. The Bertz CT molecular complexity index is 882. The number of hydrogen-bond acceptors (Lipinski definition) is 8.